The lowest BCUT2D eigenvalue weighted by Crippen LogP contribution is -2.40. The van der Waals surface area contributed by atoms with Crippen molar-refractivity contribution in [1.82, 2.24) is 14.9 Å². The highest BCUT2D eigenvalue weighted by molar-refractivity contribution is 7.99. The van der Waals surface area contributed by atoms with Gasteiger partial charge < -0.3 is 15.4 Å². The Morgan fingerprint density at radius 2 is 2.30 bits per heavy atom. The van der Waals surface area contributed by atoms with Crippen LogP contribution in [-0.4, -0.2) is 52.2 Å². The van der Waals surface area contributed by atoms with E-state index in [2.05, 4.69) is 16.9 Å². The van der Waals surface area contributed by atoms with E-state index in [0.29, 0.717) is 11.1 Å². The molecule has 23 heavy (non-hydrogen) atoms. The normalized spacial score (nSPS) is 17.8. The summed E-state index contributed by atoms with van der Waals surface area (Å²) in [6, 6.07) is 0. The summed E-state index contributed by atoms with van der Waals surface area (Å²) in [6.45, 7) is 5.76. The van der Waals surface area contributed by atoms with Gasteiger partial charge >= 0.3 is 5.97 Å². The van der Waals surface area contributed by atoms with Gasteiger partial charge in [0.1, 0.15) is 11.4 Å². The molecule has 1 saturated heterocycles. The highest BCUT2D eigenvalue weighted by atomic mass is 32.2. The van der Waals surface area contributed by atoms with Gasteiger partial charge in [-0.3, -0.25) is 4.79 Å². The molecule has 1 fully saturated rings. The molecule has 2 rings (SSSR count). The van der Waals surface area contributed by atoms with Crippen molar-refractivity contribution in [2.75, 3.05) is 31.2 Å². The van der Waals surface area contributed by atoms with E-state index in [1.54, 1.807) is 6.92 Å². The van der Waals surface area contributed by atoms with Crippen LogP contribution in [0.5, 0.6) is 0 Å². The van der Waals surface area contributed by atoms with Crippen LogP contribution in [0.4, 0.5) is 5.82 Å². The predicted octanol–water partition coefficient (Wildman–Crippen LogP) is 1.59. The molecule has 1 atom stereocenters. The van der Waals surface area contributed by atoms with Crippen molar-refractivity contribution in [3.05, 3.63) is 11.8 Å². The van der Waals surface area contributed by atoms with Gasteiger partial charge in [0.15, 0.2) is 5.16 Å². The largest absolute Gasteiger partial charge is 0.462 e. The fourth-order valence-corrected chi connectivity index (χ4v) is 3.17. The number of nitrogens with two attached hydrogens (primary N) is 1. The molecule has 7 nitrogen and oxygen atoms in total. The first-order valence-electron chi connectivity index (χ1n) is 7.71. The Morgan fingerprint density at radius 3 is 2.96 bits per heavy atom. The van der Waals surface area contributed by atoms with Gasteiger partial charge in [-0.2, -0.15) is 0 Å². The molecule has 2 N–H and O–H groups in total. The monoisotopic (exact) mass is 338 g/mol. The van der Waals surface area contributed by atoms with E-state index >= 15 is 0 Å². The van der Waals surface area contributed by atoms with Gasteiger partial charge in [-0.1, -0.05) is 18.7 Å². The van der Waals surface area contributed by atoms with Crippen molar-refractivity contribution in [2.24, 2.45) is 5.92 Å². The molecule has 126 valence electrons. The van der Waals surface area contributed by atoms with Crippen LogP contribution in [0.3, 0.4) is 0 Å². The number of thioether (sulfide) groups is 1. The number of esters is 1. The Bertz CT molecular complexity index is 582. The number of likely N-dealkylation sites (tertiary alicyclic amines) is 1. The van der Waals surface area contributed by atoms with E-state index in [1.165, 1.54) is 24.4 Å². The van der Waals surface area contributed by atoms with Crippen molar-refractivity contribution in [3.8, 4) is 0 Å². The van der Waals surface area contributed by atoms with E-state index in [4.69, 9.17) is 10.5 Å². The molecule has 0 saturated carbocycles. The number of amides is 1. The average Bonchev–Trinajstić information content (AvgIpc) is 2.52. The lowest BCUT2D eigenvalue weighted by atomic mass is 10.0. The number of aromatic nitrogens is 2. The van der Waals surface area contributed by atoms with Gasteiger partial charge in [-0.15, -0.1) is 0 Å². The zero-order valence-electron chi connectivity index (χ0n) is 13.4. The molecule has 1 amide bonds. The molecule has 1 aliphatic rings. The second-order valence-corrected chi connectivity index (χ2v) is 6.49. The Hall–Kier alpha value is -1.83. The fourth-order valence-electron chi connectivity index (χ4n) is 2.45. The number of nitrogens with zero attached hydrogens (tertiary/aromatic N) is 3. The quantitative estimate of drug-likeness (QED) is 0.494. The fraction of sp³-hybridized carbons (Fsp3) is 0.600. The van der Waals surface area contributed by atoms with Crippen LogP contribution in [0.25, 0.3) is 0 Å². The van der Waals surface area contributed by atoms with Crippen molar-refractivity contribution in [2.45, 2.75) is 31.8 Å². The Balaban J connectivity index is 1.92. The lowest BCUT2D eigenvalue weighted by molar-refractivity contribution is -0.130. The van der Waals surface area contributed by atoms with Crippen molar-refractivity contribution in [1.29, 1.82) is 0 Å². The molecule has 1 aromatic rings. The third-order valence-corrected chi connectivity index (χ3v) is 4.47. The molecule has 0 bridgehead atoms. The Labute approximate surface area is 140 Å². The molecular formula is C15H22N4O3S. The summed E-state index contributed by atoms with van der Waals surface area (Å²) in [6.07, 6.45) is 3.57. The van der Waals surface area contributed by atoms with Gasteiger partial charge in [0, 0.05) is 19.3 Å². The van der Waals surface area contributed by atoms with Crippen molar-refractivity contribution >= 4 is 29.5 Å². The standard InChI is InChI=1S/C15H22N4O3S/c1-3-22-14(21)11-7-17-15(18-13(11)16)23-9-12(20)19-6-4-5-10(2)8-19/h7,10H,3-6,8-9H2,1-2H3,(H2,16,17,18). The minimum atomic E-state index is -0.542. The van der Waals surface area contributed by atoms with Crippen LogP contribution in [-0.2, 0) is 9.53 Å². The van der Waals surface area contributed by atoms with E-state index < -0.39 is 5.97 Å². The van der Waals surface area contributed by atoms with Gasteiger partial charge in [-0.05, 0) is 25.7 Å². The minimum absolute atomic E-state index is 0.0694. The summed E-state index contributed by atoms with van der Waals surface area (Å²) >= 11 is 1.23. The molecule has 0 radical (unpaired) electrons. The summed E-state index contributed by atoms with van der Waals surface area (Å²) in [5, 5.41) is 0.383. The summed E-state index contributed by atoms with van der Waals surface area (Å²) in [4.78, 5) is 33.9. The first-order chi connectivity index (χ1) is 11.0. The van der Waals surface area contributed by atoms with Crippen molar-refractivity contribution in [3.63, 3.8) is 0 Å². The molecule has 2 heterocycles. The zero-order valence-corrected chi connectivity index (χ0v) is 14.3. The van der Waals surface area contributed by atoms with Crippen LogP contribution >= 0.6 is 11.8 Å². The molecule has 0 aliphatic carbocycles. The number of carbonyl (C=O) groups is 2. The smallest absolute Gasteiger partial charge is 0.343 e. The van der Waals surface area contributed by atoms with Gasteiger partial charge in [0.25, 0.3) is 0 Å². The molecule has 8 heteroatoms. The topological polar surface area (TPSA) is 98.4 Å². The van der Waals surface area contributed by atoms with Gasteiger partial charge in [-0.25, -0.2) is 14.8 Å². The van der Waals surface area contributed by atoms with E-state index in [9.17, 15) is 9.59 Å². The summed E-state index contributed by atoms with van der Waals surface area (Å²) < 4.78 is 4.87. The van der Waals surface area contributed by atoms with E-state index in [1.807, 2.05) is 4.90 Å². The predicted molar refractivity (Wildman–Crippen MR) is 88.1 cm³/mol. The number of ether oxygens (including phenoxy) is 1. The summed E-state index contributed by atoms with van der Waals surface area (Å²) in [5.74, 6) is 0.428. The molecule has 1 aromatic heterocycles. The molecule has 1 unspecified atom stereocenters. The first kappa shape index (κ1) is 17.5. The lowest BCUT2D eigenvalue weighted by Gasteiger charge is -2.30. The third kappa shape index (κ3) is 4.82. The average molecular weight is 338 g/mol. The number of nitrogen functional groups attached to an aromatic ring is 1. The molecule has 0 aromatic carbocycles. The van der Waals surface area contributed by atoms with E-state index in [0.717, 1.165) is 19.5 Å². The molecular weight excluding hydrogens is 316 g/mol. The van der Waals surface area contributed by atoms with Gasteiger partial charge in [0.2, 0.25) is 5.91 Å². The van der Waals surface area contributed by atoms with Crippen molar-refractivity contribution < 1.29 is 14.3 Å². The zero-order chi connectivity index (χ0) is 16.8. The maximum absolute atomic E-state index is 12.2. The maximum Gasteiger partial charge on any atom is 0.343 e. The molecule has 1 aliphatic heterocycles. The summed E-state index contributed by atoms with van der Waals surface area (Å²) in [5.41, 5.74) is 5.91. The SMILES string of the molecule is CCOC(=O)c1cnc(SCC(=O)N2CCCC(C)C2)nc1N. The number of carbonyl (C=O) groups excluding carboxylic acids is 2. The second-order valence-electron chi connectivity index (χ2n) is 5.55. The number of hydrogen-bond acceptors (Lipinski definition) is 7. The summed E-state index contributed by atoms with van der Waals surface area (Å²) in [7, 11) is 0. The van der Waals surface area contributed by atoms with Gasteiger partial charge in [0.05, 0.1) is 12.4 Å². The highest BCUT2D eigenvalue weighted by Crippen LogP contribution is 2.20. The van der Waals surface area contributed by atoms with Crippen LogP contribution in [0.2, 0.25) is 0 Å². The molecule has 0 spiro atoms. The number of anilines is 1. The number of piperidine rings is 1. The number of rotatable bonds is 5. The minimum Gasteiger partial charge on any atom is -0.462 e. The highest BCUT2D eigenvalue weighted by Gasteiger charge is 2.21. The Kier molecular flexibility index (Phi) is 6.20. The third-order valence-electron chi connectivity index (χ3n) is 3.63. The van der Waals surface area contributed by atoms with E-state index in [-0.39, 0.29) is 29.6 Å². The van der Waals surface area contributed by atoms with Crippen LogP contribution in [0.1, 0.15) is 37.0 Å². The number of hydrogen-bond donors (Lipinski definition) is 1. The van der Waals surface area contributed by atoms with Crippen LogP contribution in [0.15, 0.2) is 11.4 Å². The first-order valence-corrected chi connectivity index (χ1v) is 8.70. The van der Waals surface area contributed by atoms with Crippen LogP contribution < -0.4 is 5.73 Å². The second kappa shape index (κ2) is 8.14. The van der Waals surface area contributed by atoms with Crippen LogP contribution in [0, 0.1) is 5.92 Å². The maximum atomic E-state index is 12.2. The Morgan fingerprint density at radius 1 is 1.52 bits per heavy atom.